The van der Waals surface area contributed by atoms with Gasteiger partial charge in [-0.25, -0.2) is 0 Å². The molecule has 124 valence electrons. The first-order chi connectivity index (χ1) is 10.3. The molecule has 2 aliphatic heterocycles. The van der Waals surface area contributed by atoms with Crippen LogP contribution in [0.1, 0.15) is 58.8 Å². The van der Waals surface area contributed by atoms with E-state index in [1.807, 2.05) is 0 Å². The lowest BCUT2D eigenvalue weighted by molar-refractivity contribution is 0.138. The normalized spacial score (nSPS) is 26.1. The molecule has 1 unspecified atom stereocenters. The Hall–Kier alpha value is -0.120. The summed E-state index contributed by atoms with van der Waals surface area (Å²) < 4.78 is 0. The third-order valence-corrected chi connectivity index (χ3v) is 5.31. The summed E-state index contributed by atoms with van der Waals surface area (Å²) in [6, 6.07) is 0.849. The van der Waals surface area contributed by atoms with E-state index in [2.05, 4.69) is 29.0 Å². The smallest absolute Gasteiger partial charge is 0.0108 e. The maximum Gasteiger partial charge on any atom is 0.0108 e. The highest BCUT2D eigenvalue weighted by atomic mass is 15.2. The van der Waals surface area contributed by atoms with Crippen LogP contribution in [-0.2, 0) is 0 Å². The van der Waals surface area contributed by atoms with Crippen molar-refractivity contribution >= 4 is 0 Å². The molecule has 0 radical (unpaired) electrons. The van der Waals surface area contributed by atoms with E-state index in [4.69, 9.17) is 0 Å². The number of hydrogen-bond donors (Lipinski definition) is 1. The zero-order valence-corrected chi connectivity index (χ0v) is 14.4. The monoisotopic (exact) mass is 295 g/mol. The number of likely N-dealkylation sites (tertiary alicyclic amines) is 1. The second-order valence-corrected chi connectivity index (χ2v) is 7.11. The van der Waals surface area contributed by atoms with Crippen LogP contribution in [0.5, 0.6) is 0 Å². The van der Waals surface area contributed by atoms with Crippen molar-refractivity contribution < 1.29 is 0 Å². The highest BCUT2D eigenvalue weighted by Gasteiger charge is 2.24. The van der Waals surface area contributed by atoms with Crippen LogP contribution in [0.15, 0.2) is 0 Å². The molecule has 1 atom stereocenters. The Morgan fingerprint density at radius 2 is 1.81 bits per heavy atom. The number of hydrogen-bond acceptors (Lipinski definition) is 3. The summed E-state index contributed by atoms with van der Waals surface area (Å²) in [7, 11) is 0. The van der Waals surface area contributed by atoms with Crippen LogP contribution >= 0.6 is 0 Å². The Morgan fingerprint density at radius 1 is 1.00 bits per heavy atom. The van der Waals surface area contributed by atoms with Crippen molar-refractivity contribution in [1.29, 1.82) is 0 Å². The van der Waals surface area contributed by atoms with Gasteiger partial charge in [0.25, 0.3) is 0 Å². The second kappa shape index (κ2) is 9.81. The zero-order chi connectivity index (χ0) is 14.9. The molecule has 0 aromatic rings. The molecular weight excluding hydrogens is 258 g/mol. The van der Waals surface area contributed by atoms with Gasteiger partial charge in [-0.05, 0) is 90.1 Å². The number of nitrogens with zero attached hydrogens (tertiary/aromatic N) is 2. The molecule has 2 heterocycles. The van der Waals surface area contributed by atoms with Crippen LogP contribution in [0.3, 0.4) is 0 Å². The third-order valence-electron chi connectivity index (χ3n) is 5.31. The molecule has 3 heteroatoms. The average Bonchev–Trinajstić information content (AvgIpc) is 2.74. The van der Waals surface area contributed by atoms with Gasteiger partial charge in [-0.15, -0.1) is 0 Å². The predicted molar refractivity (Wildman–Crippen MR) is 91.8 cm³/mol. The standard InChI is InChI=1S/C18H37N3/c1-3-12-20-14-5-6-18(9-15-20)21(13-4-2)16-17-7-10-19-11-8-17/h17-19H,3-16H2,1-2H3. The lowest BCUT2D eigenvalue weighted by Gasteiger charge is -2.35. The van der Waals surface area contributed by atoms with Crippen LogP contribution < -0.4 is 5.32 Å². The first-order valence-corrected chi connectivity index (χ1v) is 9.50. The molecule has 0 spiro atoms. The minimum Gasteiger partial charge on any atom is -0.317 e. The molecule has 2 rings (SSSR count). The minimum atomic E-state index is 0.849. The largest absolute Gasteiger partial charge is 0.317 e. The third kappa shape index (κ3) is 5.88. The van der Waals surface area contributed by atoms with E-state index in [0.717, 1.165) is 12.0 Å². The first kappa shape index (κ1) is 17.2. The van der Waals surface area contributed by atoms with Crippen LogP contribution in [0.4, 0.5) is 0 Å². The van der Waals surface area contributed by atoms with Gasteiger partial charge in [0.2, 0.25) is 0 Å². The Kier molecular flexibility index (Phi) is 8.05. The van der Waals surface area contributed by atoms with Crippen molar-refractivity contribution in [3.05, 3.63) is 0 Å². The van der Waals surface area contributed by atoms with Gasteiger partial charge < -0.3 is 15.1 Å². The van der Waals surface area contributed by atoms with Crippen molar-refractivity contribution in [1.82, 2.24) is 15.1 Å². The molecule has 0 bridgehead atoms. The summed E-state index contributed by atoms with van der Waals surface area (Å²) >= 11 is 0. The molecule has 0 amide bonds. The van der Waals surface area contributed by atoms with Crippen molar-refractivity contribution in [3.63, 3.8) is 0 Å². The highest BCUT2D eigenvalue weighted by Crippen LogP contribution is 2.21. The Bertz CT molecular complexity index is 263. The Morgan fingerprint density at radius 3 is 2.52 bits per heavy atom. The van der Waals surface area contributed by atoms with Gasteiger partial charge >= 0.3 is 0 Å². The molecule has 0 aliphatic carbocycles. The predicted octanol–water partition coefficient (Wildman–Crippen LogP) is 2.96. The quantitative estimate of drug-likeness (QED) is 0.779. The van der Waals surface area contributed by atoms with Gasteiger partial charge in [0.1, 0.15) is 0 Å². The van der Waals surface area contributed by atoms with Crippen LogP contribution in [0.2, 0.25) is 0 Å². The van der Waals surface area contributed by atoms with Crippen molar-refractivity contribution in [2.75, 3.05) is 45.8 Å². The molecule has 2 fully saturated rings. The summed E-state index contributed by atoms with van der Waals surface area (Å²) in [5.41, 5.74) is 0. The van der Waals surface area contributed by atoms with Gasteiger partial charge in [0.05, 0.1) is 0 Å². The summed E-state index contributed by atoms with van der Waals surface area (Å²) in [5.74, 6) is 0.938. The van der Waals surface area contributed by atoms with Gasteiger partial charge in [0.15, 0.2) is 0 Å². The van der Waals surface area contributed by atoms with Gasteiger partial charge in [-0.2, -0.15) is 0 Å². The van der Waals surface area contributed by atoms with Gasteiger partial charge in [0, 0.05) is 12.6 Å². The Balaban J connectivity index is 1.84. The lowest BCUT2D eigenvalue weighted by Crippen LogP contribution is -2.42. The van der Waals surface area contributed by atoms with Crippen LogP contribution in [0, 0.1) is 5.92 Å². The first-order valence-electron chi connectivity index (χ1n) is 9.50. The van der Waals surface area contributed by atoms with Crippen molar-refractivity contribution in [2.24, 2.45) is 5.92 Å². The van der Waals surface area contributed by atoms with E-state index in [-0.39, 0.29) is 0 Å². The second-order valence-electron chi connectivity index (χ2n) is 7.11. The number of nitrogens with one attached hydrogen (secondary N) is 1. The van der Waals surface area contributed by atoms with Crippen molar-refractivity contribution in [2.45, 2.75) is 64.8 Å². The fourth-order valence-electron chi connectivity index (χ4n) is 4.15. The van der Waals surface area contributed by atoms with E-state index in [9.17, 15) is 0 Å². The summed E-state index contributed by atoms with van der Waals surface area (Å²) in [6.45, 7) is 13.7. The maximum atomic E-state index is 3.50. The molecule has 0 saturated carbocycles. The molecular formula is C18H37N3. The summed E-state index contributed by atoms with van der Waals surface area (Å²) in [6.07, 6.45) is 9.59. The SMILES string of the molecule is CCCN1CCCC(N(CCC)CC2CCNCC2)CC1. The fraction of sp³-hybridized carbons (Fsp3) is 1.00. The van der Waals surface area contributed by atoms with Gasteiger partial charge in [-0.3, -0.25) is 0 Å². The maximum absolute atomic E-state index is 3.50. The fourth-order valence-corrected chi connectivity index (χ4v) is 4.15. The molecule has 0 aromatic heterocycles. The van der Waals surface area contributed by atoms with Gasteiger partial charge in [-0.1, -0.05) is 13.8 Å². The Labute approximate surface area is 132 Å². The zero-order valence-electron chi connectivity index (χ0n) is 14.4. The molecule has 2 aliphatic rings. The van der Waals surface area contributed by atoms with E-state index in [0.29, 0.717) is 0 Å². The average molecular weight is 296 g/mol. The van der Waals surface area contributed by atoms with E-state index in [1.165, 1.54) is 90.8 Å². The van der Waals surface area contributed by atoms with E-state index >= 15 is 0 Å². The molecule has 21 heavy (non-hydrogen) atoms. The van der Waals surface area contributed by atoms with E-state index < -0.39 is 0 Å². The highest BCUT2D eigenvalue weighted by molar-refractivity contribution is 4.81. The van der Waals surface area contributed by atoms with E-state index in [1.54, 1.807) is 0 Å². The molecule has 0 aromatic carbocycles. The van der Waals surface area contributed by atoms with Crippen molar-refractivity contribution in [3.8, 4) is 0 Å². The molecule has 3 nitrogen and oxygen atoms in total. The molecule has 1 N–H and O–H groups in total. The number of piperidine rings is 1. The van der Waals surface area contributed by atoms with Crippen LogP contribution in [-0.4, -0.2) is 61.7 Å². The topological polar surface area (TPSA) is 18.5 Å². The molecule has 2 saturated heterocycles. The number of rotatable bonds is 7. The summed E-state index contributed by atoms with van der Waals surface area (Å²) in [5, 5.41) is 3.50. The summed E-state index contributed by atoms with van der Waals surface area (Å²) in [4.78, 5) is 5.54. The lowest BCUT2D eigenvalue weighted by atomic mass is 9.95. The van der Waals surface area contributed by atoms with Crippen LogP contribution in [0.25, 0.3) is 0 Å². The minimum absolute atomic E-state index is 0.849.